The van der Waals surface area contributed by atoms with Gasteiger partial charge in [0.05, 0.1) is 17.6 Å². The molecule has 0 saturated heterocycles. The highest BCUT2D eigenvalue weighted by molar-refractivity contribution is 6.31. The van der Waals surface area contributed by atoms with Crippen LogP contribution in [0.3, 0.4) is 0 Å². The van der Waals surface area contributed by atoms with E-state index in [1.54, 1.807) is 34.5 Å². The number of imidazole rings is 1. The van der Waals surface area contributed by atoms with Gasteiger partial charge in [0.15, 0.2) is 11.5 Å². The van der Waals surface area contributed by atoms with E-state index in [-0.39, 0.29) is 11.4 Å². The number of methoxy groups -OCH3 is 1. The highest BCUT2D eigenvalue weighted by Gasteiger charge is 2.38. The Morgan fingerprint density at radius 3 is 2.93 bits per heavy atom. The summed E-state index contributed by atoms with van der Waals surface area (Å²) in [5.74, 6) is 1.83. The van der Waals surface area contributed by atoms with Crippen molar-refractivity contribution in [2.24, 2.45) is 5.92 Å². The van der Waals surface area contributed by atoms with Crippen LogP contribution in [0.1, 0.15) is 25.1 Å². The lowest BCUT2D eigenvalue weighted by atomic mass is 10.2. The first-order valence-corrected chi connectivity index (χ1v) is 9.48. The lowest BCUT2D eigenvalue weighted by molar-refractivity contribution is 0.187. The molecule has 0 bridgehead atoms. The van der Waals surface area contributed by atoms with Crippen molar-refractivity contribution >= 4 is 28.2 Å². The first-order chi connectivity index (χ1) is 13.6. The van der Waals surface area contributed by atoms with E-state index in [0.29, 0.717) is 52.6 Å². The van der Waals surface area contributed by atoms with Gasteiger partial charge in [-0.2, -0.15) is 4.98 Å². The van der Waals surface area contributed by atoms with E-state index in [1.165, 1.54) is 0 Å². The van der Waals surface area contributed by atoms with Gasteiger partial charge in [0, 0.05) is 24.6 Å². The average Bonchev–Trinajstić information content (AvgIpc) is 3.10. The van der Waals surface area contributed by atoms with Crippen LogP contribution in [0.25, 0.3) is 28.1 Å². The predicted octanol–water partition coefficient (Wildman–Crippen LogP) is 3.12. The van der Waals surface area contributed by atoms with Gasteiger partial charge in [-0.15, -0.1) is 0 Å². The summed E-state index contributed by atoms with van der Waals surface area (Å²) in [7, 11) is 1.60. The number of ether oxygens (including phenoxy) is 1. The maximum absolute atomic E-state index is 13.3. The molecular weight excluding hydrogens is 382 g/mol. The van der Waals surface area contributed by atoms with Crippen molar-refractivity contribution in [3.05, 3.63) is 45.7 Å². The molecule has 2 atom stereocenters. The Kier molecular flexibility index (Phi) is 3.99. The zero-order valence-electron chi connectivity index (χ0n) is 15.4. The molecular formula is C19H18ClN5O3. The van der Waals surface area contributed by atoms with E-state index in [1.807, 2.05) is 6.07 Å². The Balaban J connectivity index is 1.75. The van der Waals surface area contributed by atoms with Gasteiger partial charge < -0.3 is 13.8 Å². The Labute approximate surface area is 164 Å². The molecule has 0 N–H and O–H groups in total. The molecule has 28 heavy (non-hydrogen) atoms. The fourth-order valence-electron chi connectivity index (χ4n) is 3.61. The number of halogens is 1. The maximum atomic E-state index is 13.3. The predicted molar refractivity (Wildman–Crippen MR) is 104 cm³/mol. The van der Waals surface area contributed by atoms with Crippen LogP contribution < -0.4 is 5.56 Å². The number of nitrogens with zero attached hydrogens (tertiary/aromatic N) is 5. The first-order valence-electron chi connectivity index (χ1n) is 9.10. The zero-order valence-corrected chi connectivity index (χ0v) is 16.2. The third-order valence-electron chi connectivity index (χ3n) is 5.31. The minimum atomic E-state index is -0.209. The molecule has 5 rings (SSSR count). The smallest absolute Gasteiger partial charge is 0.278 e. The summed E-state index contributed by atoms with van der Waals surface area (Å²) in [5.41, 5.74) is 2.09. The highest BCUT2D eigenvalue weighted by atomic mass is 35.5. The molecule has 144 valence electrons. The lowest BCUT2D eigenvalue weighted by Gasteiger charge is -2.12. The minimum Gasteiger partial charge on any atom is -0.383 e. The summed E-state index contributed by atoms with van der Waals surface area (Å²) in [6, 6.07) is 5.42. The van der Waals surface area contributed by atoms with Crippen molar-refractivity contribution < 1.29 is 9.26 Å². The summed E-state index contributed by atoms with van der Waals surface area (Å²) < 4.78 is 14.0. The summed E-state index contributed by atoms with van der Waals surface area (Å²) in [5, 5.41) is 4.64. The van der Waals surface area contributed by atoms with Crippen molar-refractivity contribution in [1.82, 2.24) is 24.1 Å². The third kappa shape index (κ3) is 2.63. The van der Waals surface area contributed by atoms with Crippen LogP contribution in [-0.2, 0) is 11.3 Å². The monoisotopic (exact) mass is 399 g/mol. The molecule has 0 radical (unpaired) electrons. The molecule has 0 aliphatic heterocycles. The van der Waals surface area contributed by atoms with Gasteiger partial charge in [0.25, 0.3) is 11.4 Å². The lowest BCUT2D eigenvalue weighted by Crippen LogP contribution is -2.25. The number of hydrogen-bond acceptors (Lipinski definition) is 6. The summed E-state index contributed by atoms with van der Waals surface area (Å²) in [4.78, 5) is 22.2. The zero-order chi connectivity index (χ0) is 19.4. The molecule has 1 aliphatic rings. The average molecular weight is 400 g/mol. The number of benzene rings is 1. The largest absolute Gasteiger partial charge is 0.383 e. The fraction of sp³-hybridized carbons (Fsp3) is 0.368. The Hall–Kier alpha value is -2.71. The third-order valence-corrected chi connectivity index (χ3v) is 5.54. The van der Waals surface area contributed by atoms with Crippen molar-refractivity contribution in [1.29, 1.82) is 0 Å². The van der Waals surface area contributed by atoms with Gasteiger partial charge in [-0.05, 0) is 30.5 Å². The standard InChI is InChI=1S/C19H18ClN5O3/c1-10-7-12(10)17-22-18(28-23-17)15-16-19(26)24(5-6-27-2)14-8-11(20)3-4-13(14)25(16)9-21-15/h3-4,8-10,12H,5-7H2,1-2H3. The molecule has 1 aliphatic carbocycles. The van der Waals surface area contributed by atoms with Crippen LogP contribution in [0, 0.1) is 5.92 Å². The van der Waals surface area contributed by atoms with Gasteiger partial charge in [-0.1, -0.05) is 23.7 Å². The molecule has 4 aromatic rings. The number of aromatic nitrogens is 5. The van der Waals surface area contributed by atoms with Crippen LogP contribution in [0.5, 0.6) is 0 Å². The summed E-state index contributed by atoms with van der Waals surface area (Å²) >= 11 is 6.17. The molecule has 9 heteroatoms. The molecule has 0 spiro atoms. The van der Waals surface area contributed by atoms with Crippen LogP contribution in [-0.4, -0.2) is 37.8 Å². The van der Waals surface area contributed by atoms with E-state index in [4.69, 9.17) is 20.9 Å². The molecule has 2 unspecified atom stereocenters. The second kappa shape index (κ2) is 6.42. The molecule has 0 amide bonds. The Bertz CT molecular complexity index is 1260. The second-order valence-electron chi connectivity index (χ2n) is 7.17. The van der Waals surface area contributed by atoms with Crippen molar-refractivity contribution in [2.75, 3.05) is 13.7 Å². The van der Waals surface area contributed by atoms with E-state index < -0.39 is 0 Å². The van der Waals surface area contributed by atoms with Crippen LogP contribution in [0.15, 0.2) is 33.8 Å². The van der Waals surface area contributed by atoms with Crippen molar-refractivity contribution in [2.45, 2.75) is 25.8 Å². The molecule has 1 saturated carbocycles. The number of rotatable bonds is 5. The van der Waals surface area contributed by atoms with Crippen molar-refractivity contribution in [3.63, 3.8) is 0 Å². The normalized spacial score (nSPS) is 19.0. The topological polar surface area (TPSA) is 87.5 Å². The first kappa shape index (κ1) is 17.4. The van der Waals surface area contributed by atoms with Gasteiger partial charge in [-0.25, -0.2) is 4.98 Å². The highest BCUT2D eigenvalue weighted by Crippen LogP contribution is 2.45. The van der Waals surface area contributed by atoms with E-state index in [9.17, 15) is 4.79 Å². The van der Waals surface area contributed by atoms with Gasteiger partial charge in [0.1, 0.15) is 11.8 Å². The fourth-order valence-corrected chi connectivity index (χ4v) is 3.78. The summed E-state index contributed by atoms with van der Waals surface area (Å²) in [6.07, 6.45) is 2.66. The second-order valence-corrected chi connectivity index (χ2v) is 7.61. The molecule has 8 nitrogen and oxygen atoms in total. The van der Waals surface area contributed by atoms with Gasteiger partial charge in [-0.3, -0.25) is 9.20 Å². The van der Waals surface area contributed by atoms with E-state index >= 15 is 0 Å². The SMILES string of the molecule is COCCn1c(=O)c2c(-c3nc(C4CC4C)no3)ncn2c2ccc(Cl)cc21. The molecule has 3 heterocycles. The van der Waals surface area contributed by atoms with Crippen LogP contribution in [0.2, 0.25) is 5.02 Å². The molecule has 1 aromatic carbocycles. The minimum absolute atomic E-state index is 0.209. The quantitative estimate of drug-likeness (QED) is 0.512. The van der Waals surface area contributed by atoms with Gasteiger partial charge in [0.2, 0.25) is 0 Å². The van der Waals surface area contributed by atoms with Gasteiger partial charge >= 0.3 is 0 Å². The number of hydrogen-bond donors (Lipinski definition) is 0. The van der Waals surface area contributed by atoms with Crippen LogP contribution >= 0.6 is 11.6 Å². The number of fused-ring (bicyclic) bond motifs is 3. The van der Waals surface area contributed by atoms with E-state index in [2.05, 4.69) is 22.0 Å². The summed E-state index contributed by atoms with van der Waals surface area (Å²) in [6.45, 7) is 2.94. The Morgan fingerprint density at radius 2 is 2.18 bits per heavy atom. The molecule has 1 fully saturated rings. The van der Waals surface area contributed by atoms with Crippen molar-refractivity contribution in [3.8, 4) is 11.6 Å². The Morgan fingerprint density at radius 1 is 1.36 bits per heavy atom. The van der Waals surface area contributed by atoms with Crippen LogP contribution in [0.4, 0.5) is 0 Å². The maximum Gasteiger partial charge on any atom is 0.278 e. The molecule has 3 aromatic heterocycles. The van der Waals surface area contributed by atoms with E-state index in [0.717, 1.165) is 11.9 Å².